The molecular weight excluding hydrogens is 478 g/mol. The van der Waals surface area contributed by atoms with Crippen molar-refractivity contribution < 1.29 is 14.4 Å². The first-order valence-electron chi connectivity index (χ1n) is 9.87. The molecule has 160 valence electrons. The molecule has 2 unspecified atom stereocenters. The highest BCUT2D eigenvalue weighted by Crippen LogP contribution is 2.37. The number of nitrogens with one attached hydrogen (secondary N) is 1. The summed E-state index contributed by atoms with van der Waals surface area (Å²) in [6.07, 6.45) is 1.82. The van der Waals surface area contributed by atoms with Crippen LogP contribution in [0.4, 0.5) is 16.2 Å². The van der Waals surface area contributed by atoms with Gasteiger partial charge in [-0.3, -0.25) is 9.59 Å². The van der Waals surface area contributed by atoms with Crippen LogP contribution in [-0.4, -0.2) is 40.6 Å². The summed E-state index contributed by atoms with van der Waals surface area (Å²) in [5, 5.41) is 4.22. The van der Waals surface area contributed by atoms with E-state index in [1.54, 1.807) is 6.07 Å². The Morgan fingerprint density at radius 1 is 1.16 bits per heavy atom. The van der Waals surface area contributed by atoms with Crippen molar-refractivity contribution >= 4 is 56.9 Å². The van der Waals surface area contributed by atoms with E-state index in [1.165, 1.54) is 21.6 Å². The number of anilines is 2. The lowest BCUT2D eigenvalue weighted by Crippen LogP contribution is -2.63. The predicted octanol–water partition coefficient (Wildman–Crippen LogP) is 4.78. The summed E-state index contributed by atoms with van der Waals surface area (Å²) < 4.78 is 0.771. The van der Waals surface area contributed by atoms with Gasteiger partial charge in [0.1, 0.15) is 11.8 Å². The van der Waals surface area contributed by atoms with Gasteiger partial charge in [0.15, 0.2) is 0 Å². The lowest BCUT2D eigenvalue weighted by Gasteiger charge is -2.41. The Morgan fingerprint density at radius 3 is 2.68 bits per heavy atom. The average Bonchev–Trinajstić information content (AvgIpc) is 3.21. The molecule has 4 amide bonds. The molecule has 0 radical (unpaired) electrons. The highest BCUT2D eigenvalue weighted by Gasteiger charge is 2.48. The molecule has 0 spiro atoms. The molecule has 6 nitrogen and oxygen atoms in total. The first-order valence-corrected chi connectivity index (χ1v) is 11.6. The Balaban J connectivity index is 1.62. The molecule has 4 rings (SSSR count). The van der Waals surface area contributed by atoms with Gasteiger partial charge >= 0.3 is 6.03 Å². The number of urea groups is 1. The molecule has 1 saturated heterocycles. The van der Waals surface area contributed by atoms with Crippen LogP contribution in [0.1, 0.15) is 16.7 Å². The summed E-state index contributed by atoms with van der Waals surface area (Å²) in [5.74, 6) is -0.575. The van der Waals surface area contributed by atoms with Gasteiger partial charge < -0.3 is 10.2 Å². The lowest BCUT2D eigenvalue weighted by molar-refractivity contribution is -0.121. The van der Waals surface area contributed by atoms with Crippen molar-refractivity contribution in [3.05, 3.63) is 69.0 Å². The molecule has 1 N–H and O–H groups in total. The van der Waals surface area contributed by atoms with E-state index in [-0.39, 0.29) is 18.4 Å². The Labute approximate surface area is 193 Å². The van der Waals surface area contributed by atoms with Crippen LogP contribution in [0.15, 0.2) is 52.4 Å². The second-order valence-electron chi connectivity index (χ2n) is 7.71. The van der Waals surface area contributed by atoms with Crippen LogP contribution in [0.2, 0.25) is 0 Å². The Bertz CT molecular complexity index is 1120. The number of imide groups is 1. The van der Waals surface area contributed by atoms with Gasteiger partial charge in [0, 0.05) is 4.47 Å². The smallest absolute Gasteiger partial charge is 0.324 e. The molecule has 2 atom stereocenters. The van der Waals surface area contributed by atoms with E-state index in [2.05, 4.69) is 21.2 Å². The Kier molecular flexibility index (Phi) is 5.94. The zero-order valence-corrected chi connectivity index (χ0v) is 19.8. The van der Waals surface area contributed by atoms with Gasteiger partial charge in [0.05, 0.1) is 17.4 Å². The van der Waals surface area contributed by atoms with Crippen molar-refractivity contribution in [1.82, 2.24) is 4.90 Å². The van der Waals surface area contributed by atoms with Crippen molar-refractivity contribution in [2.45, 2.75) is 32.1 Å². The SMILES string of the molecule is Cc1ccc(NC(=O)CN2C(=O)N(c3cccc(C)c3C)C(=O)C3SC=CC32)c(Br)c1. The minimum absolute atomic E-state index is 0.153. The van der Waals surface area contributed by atoms with Gasteiger partial charge in [-0.25, -0.2) is 9.69 Å². The van der Waals surface area contributed by atoms with E-state index in [4.69, 9.17) is 0 Å². The first-order chi connectivity index (χ1) is 14.8. The molecule has 2 aromatic carbocycles. The molecule has 0 saturated carbocycles. The van der Waals surface area contributed by atoms with Crippen LogP contribution in [0.5, 0.6) is 0 Å². The number of hydrogen-bond donors (Lipinski definition) is 1. The van der Waals surface area contributed by atoms with Crippen LogP contribution in [-0.2, 0) is 9.59 Å². The molecule has 0 aliphatic carbocycles. The Hall–Kier alpha value is -2.58. The minimum Gasteiger partial charge on any atom is -0.324 e. The number of aryl methyl sites for hydroxylation is 2. The summed E-state index contributed by atoms with van der Waals surface area (Å²) in [5.41, 5.74) is 4.12. The zero-order chi connectivity index (χ0) is 22.3. The highest BCUT2D eigenvalue weighted by molar-refractivity contribution is 9.10. The van der Waals surface area contributed by atoms with Crippen LogP contribution >= 0.6 is 27.7 Å². The molecule has 2 aliphatic rings. The van der Waals surface area contributed by atoms with Gasteiger partial charge in [-0.05, 0) is 77.0 Å². The second-order valence-corrected chi connectivity index (χ2v) is 9.62. The molecule has 0 aromatic heterocycles. The van der Waals surface area contributed by atoms with Crippen molar-refractivity contribution in [3.8, 4) is 0 Å². The maximum atomic E-state index is 13.4. The number of nitrogens with zero attached hydrogens (tertiary/aromatic N) is 2. The van der Waals surface area contributed by atoms with Gasteiger partial charge in [0.2, 0.25) is 5.91 Å². The largest absolute Gasteiger partial charge is 0.332 e. The summed E-state index contributed by atoms with van der Waals surface area (Å²) in [7, 11) is 0. The zero-order valence-electron chi connectivity index (χ0n) is 17.4. The number of amides is 4. The predicted molar refractivity (Wildman–Crippen MR) is 127 cm³/mol. The summed E-state index contributed by atoms with van der Waals surface area (Å²) >= 11 is 4.84. The quantitative estimate of drug-likeness (QED) is 0.656. The number of hydrogen-bond acceptors (Lipinski definition) is 4. The van der Waals surface area contributed by atoms with Gasteiger partial charge in [-0.1, -0.05) is 24.3 Å². The van der Waals surface area contributed by atoms with Crippen molar-refractivity contribution in [1.29, 1.82) is 0 Å². The van der Waals surface area contributed by atoms with E-state index in [0.717, 1.165) is 21.2 Å². The van der Waals surface area contributed by atoms with Crippen LogP contribution in [0.3, 0.4) is 0 Å². The molecule has 1 fully saturated rings. The van der Waals surface area contributed by atoms with Crippen LogP contribution in [0, 0.1) is 20.8 Å². The molecule has 2 aromatic rings. The number of carbonyl (C=O) groups excluding carboxylic acids is 3. The molecule has 2 heterocycles. The Morgan fingerprint density at radius 2 is 1.94 bits per heavy atom. The number of rotatable bonds is 4. The number of benzene rings is 2. The standard InChI is InChI=1S/C23H22BrN3O3S/c1-13-7-8-17(16(24)11-13)25-20(28)12-26-19-9-10-31-21(19)22(29)27(23(26)30)18-6-4-5-14(2)15(18)3/h4-11,19,21H,12H2,1-3H3,(H,25,28). The molecule has 31 heavy (non-hydrogen) atoms. The van der Waals surface area contributed by atoms with Crippen molar-refractivity contribution in [2.75, 3.05) is 16.8 Å². The second kappa shape index (κ2) is 8.51. The molecule has 8 heteroatoms. The number of thioether (sulfide) groups is 1. The number of fused-ring (bicyclic) bond motifs is 1. The van der Waals surface area contributed by atoms with Gasteiger partial charge in [-0.2, -0.15) is 0 Å². The van der Waals surface area contributed by atoms with E-state index >= 15 is 0 Å². The third kappa shape index (κ3) is 4.02. The summed E-state index contributed by atoms with van der Waals surface area (Å²) in [6.45, 7) is 5.64. The third-order valence-corrected chi connectivity index (χ3v) is 7.35. The molecule has 2 aliphatic heterocycles. The average molecular weight is 500 g/mol. The van der Waals surface area contributed by atoms with Crippen LogP contribution < -0.4 is 10.2 Å². The fourth-order valence-electron chi connectivity index (χ4n) is 3.78. The fraction of sp³-hybridized carbons (Fsp3) is 0.261. The summed E-state index contributed by atoms with van der Waals surface area (Å²) in [4.78, 5) is 42.2. The fourth-order valence-corrected chi connectivity index (χ4v) is 5.41. The third-order valence-electron chi connectivity index (χ3n) is 5.60. The van der Waals surface area contributed by atoms with E-state index in [9.17, 15) is 14.4 Å². The summed E-state index contributed by atoms with van der Waals surface area (Å²) in [6, 6.07) is 10.2. The maximum absolute atomic E-state index is 13.4. The van der Waals surface area contributed by atoms with Gasteiger partial charge in [0.25, 0.3) is 5.91 Å². The lowest BCUT2D eigenvalue weighted by atomic mass is 10.0. The maximum Gasteiger partial charge on any atom is 0.332 e. The topological polar surface area (TPSA) is 69.7 Å². The van der Waals surface area contributed by atoms with Crippen LogP contribution in [0.25, 0.3) is 0 Å². The normalized spacial score (nSPS) is 20.3. The van der Waals surface area contributed by atoms with E-state index in [0.29, 0.717) is 11.4 Å². The number of halogens is 1. The highest BCUT2D eigenvalue weighted by atomic mass is 79.9. The monoisotopic (exact) mass is 499 g/mol. The number of carbonyl (C=O) groups is 3. The first kappa shape index (κ1) is 21.6. The molecular formula is C23H22BrN3O3S. The van der Waals surface area contributed by atoms with E-state index < -0.39 is 17.3 Å². The minimum atomic E-state index is -0.481. The van der Waals surface area contributed by atoms with Gasteiger partial charge in [-0.15, -0.1) is 11.8 Å². The van der Waals surface area contributed by atoms with E-state index in [1.807, 2.05) is 62.6 Å². The van der Waals surface area contributed by atoms with Crippen molar-refractivity contribution in [3.63, 3.8) is 0 Å². The van der Waals surface area contributed by atoms with Crippen molar-refractivity contribution in [2.24, 2.45) is 0 Å². The molecule has 0 bridgehead atoms.